The van der Waals surface area contributed by atoms with Crippen LogP contribution in [-0.2, 0) is 6.54 Å². The van der Waals surface area contributed by atoms with Crippen LogP contribution in [0.1, 0.15) is 20.8 Å². The third-order valence-electron chi connectivity index (χ3n) is 3.18. The van der Waals surface area contributed by atoms with Gasteiger partial charge in [-0.15, -0.1) is 0 Å². The lowest BCUT2D eigenvalue weighted by Crippen LogP contribution is -2.62. The Kier molecular flexibility index (Phi) is 3.09. The zero-order valence-corrected chi connectivity index (χ0v) is 11.6. The quantitative estimate of drug-likeness (QED) is 0.812. The average molecular weight is 268 g/mol. The van der Waals surface area contributed by atoms with Crippen LogP contribution in [0, 0.1) is 5.41 Å². The number of rotatable bonds is 2. The molecule has 0 amide bonds. The Morgan fingerprint density at radius 1 is 1.17 bits per heavy atom. The van der Waals surface area contributed by atoms with Crippen molar-refractivity contribution in [2.45, 2.75) is 33.0 Å². The van der Waals surface area contributed by atoms with E-state index in [1.807, 2.05) is 26.8 Å². The minimum Gasteiger partial charge on any atom is -0.311 e. The van der Waals surface area contributed by atoms with Crippen LogP contribution in [0.5, 0.6) is 0 Å². The van der Waals surface area contributed by atoms with E-state index in [-0.39, 0.29) is 5.41 Å². The molecule has 2 rings (SSSR count). The second-order valence-electron chi connectivity index (χ2n) is 5.65. The molecule has 6 heteroatoms. The molecule has 0 aliphatic rings. The Morgan fingerprint density at radius 3 is 2.39 bits per heavy atom. The van der Waals surface area contributed by atoms with E-state index in [1.54, 1.807) is 12.1 Å². The molecule has 0 bridgehead atoms. The van der Waals surface area contributed by atoms with Crippen LogP contribution in [0.2, 0.25) is 5.02 Å². The van der Waals surface area contributed by atoms with Crippen molar-refractivity contribution in [3.8, 4) is 0 Å². The minimum atomic E-state index is -0.883. The first-order chi connectivity index (χ1) is 8.19. The molecule has 98 valence electrons. The molecule has 1 aromatic heterocycles. The van der Waals surface area contributed by atoms with Gasteiger partial charge in [0.25, 0.3) is 0 Å². The Morgan fingerprint density at radius 2 is 1.78 bits per heavy atom. The maximum absolute atomic E-state index is 6.13. The summed E-state index contributed by atoms with van der Waals surface area (Å²) in [6, 6.07) is 5.38. The highest BCUT2D eigenvalue weighted by Gasteiger charge is 2.35. The van der Waals surface area contributed by atoms with Gasteiger partial charge in [-0.1, -0.05) is 32.4 Å². The second kappa shape index (κ2) is 4.19. The molecule has 0 radical (unpaired) electrons. The van der Waals surface area contributed by atoms with Gasteiger partial charge in [-0.05, 0) is 23.6 Å². The normalized spacial score (nSPS) is 13.2. The molecule has 18 heavy (non-hydrogen) atoms. The number of halogens is 1. The first-order valence-electron chi connectivity index (χ1n) is 5.77. The largest absolute Gasteiger partial charge is 0.311 e. The molecule has 0 unspecified atom stereocenters. The monoisotopic (exact) mass is 267 g/mol. The van der Waals surface area contributed by atoms with Crippen molar-refractivity contribution >= 4 is 22.6 Å². The summed E-state index contributed by atoms with van der Waals surface area (Å²) in [6.07, 6.45) is 0. The van der Waals surface area contributed by atoms with Crippen LogP contribution in [0.25, 0.3) is 11.0 Å². The van der Waals surface area contributed by atoms with Gasteiger partial charge in [0.1, 0.15) is 11.0 Å². The molecule has 0 atom stereocenters. The zero-order chi connectivity index (χ0) is 13.6. The van der Waals surface area contributed by atoms with E-state index in [0.29, 0.717) is 11.6 Å². The van der Waals surface area contributed by atoms with E-state index in [4.69, 9.17) is 23.1 Å². The fourth-order valence-electron chi connectivity index (χ4n) is 1.47. The summed E-state index contributed by atoms with van der Waals surface area (Å²) in [5.74, 6) is 0. The number of nitrogens with two attached hydrogens (primary N) is 2. The van der Waals surface area contributed by atoms with E-state index in [0.717, 1.165) is 11.0 Å². The van der Waals surface area contributed by atoms with E-state index in [1.165, 1.54) is 4.80 Å². The van der Waals surface area contributed by atoms with Gasteiger partial charge < -0.3 is 11.5 Å². The molecule has 0 aliphatic carbocycles. The molecule has 0 saturated carbocycles. The molecular formula is C12H18ClN5. The number of hydrogen-bond donors (Lipinski definition) is 2. The van der Waals surface area contributed by atoms with Gasteiger partial charge in [0, 0.05) is 5.02 Å². The number of benzene rings is 1. The van der Waals surface area contributed by atoms with Crippen molar-refractivity contribution in [1.82, 2.24) is 15.0 Å². The number of fused-ring (bicyclic) bond motifs is 1. The van der Waals surface area contributed by atoms with Gasteiger partial charge in [-0.25, -0.2) is 0 Å². The lowest BCUT2D eigenvalue weighted by Gasteiger charge is -2.37. The van der Waals surface area contributed by atoms with Crippen molar-refractivity contribution in [3.63, 3.8) is 0 Å². The van der Waals surface area contributed by atoms with Crippen LogP contribution in [0.3, 0.4) is 0 Å². The van der Waals surface area contributed by atoms with E-state index in [9.17, 15) is 0 Å². The third kappa shape index (κ3) is 2.48. The predicted octanol–water partition coefficient (Wildman–Crippen LogP) is 1.74. The Balaban J connectivity index is 2.33. The fraction of sp³-hybridized carbons (Fsp3) is 0.500. The molecule has 4 N–H and O–H groups in total. The smallest absolute Gasteiger partial charge is 0.114 e. The molecule has 0 spiro atoms. The van der Waals surface area contributed by atoms with Gasteiger partial charge >= 0.3 is 0 Å². The fourth-order valence-corrected chi connectivity index (χ4v) is 1.64. The first-order valence-corrected chi connectivity index (χ1v) is 6.15. The molecular weight excluding hydrogens is 250 g/mol. The van der Waals surface area contributed by atoms with E-state index in [2.05, 4.69) is 10.2 Å². The number of nitrogens with zero attached hydrogens (tertiary/aromatic N) is 3. The summed E-state index contributed by atoms with van der Waals surface area (Å²) in [5, 5.41) is 9.31. The van der Waals surface area contributed by atoms with Crippen LogP contribution < -0.4 is 11.5 Å². The van der Waals surface area contributed by atoms with Crippen molar-refractivity contribution in [3.05, 3.63) is 23.2 Å². The predicted molar refractivity (Wildman–Crippen MR) is 73.1 cm³/mol. The first kappa shape index (κ1) is 13.3. The topological polar surface area (TPSA) is 82.8 Å². The van der Waals surface area contributed by atoms with E-state index >= 15 is 0 Å². The molecule has 1 heterocycles. The van der Waals surface area contributed by atoms with Crippen molar-refractivity contribution in [2.75, 3.05) is 0 Å². The Hall–Kier alpha value is -1.17. The van der Waals surface area contributed by atoms with Gasteiger partial charge in [0.2, 0.25) is 0 Å². The highest BCUT2D eigenvalue weighted by molar-refractivity contribution is 6.31. The van der Waals surface area contributed by atoms with Gasteiger partial charge in [0.05, 0.1) is 12.2 Å². The second-order valence-corrected chi connectivity index (χ2v) is 6.09. The zero-order valence-electron chi connectivity index (χ0n) is 10.8. The summed E-state index contributed by atoms with van der Waals surface area (Å²) in [7, 11) is 0. The highest BCUT2D eigenvalue weighted by Crippen LogP contribution is 2.25. The maximum atomic E-state index is 6.13. The van der Waals surface area contributed by atoms with Crippen molar-refractivity contribution < 1.29 is 0 Å². The molecule has 0 saturated heterocycles. The summed E-state index contributed by atoms with van der Waals surface area (Å²) in [5.41, 5.74) is 12.7. The van der Waals surface area contributed by atoms with Crippen LogP contribution in [-0.4, -0.2) is 20.7 Å². The lowest BCUT2D eigenvalue weighted by molar-refractivity contribution is 0.156. The summed E-state index contributed by atoms with van der Waals surface area (Å²) < 4.78 is 0. The summed E-state index contributed by atoms with van der Waals surface area (Å²) in [6.45, 7) is 6.33. The molecule has 1 aromatic carbocycles. The Labute approximate surface area is 111 Å². The van der Waals surface area contributed by atoms with Crippen molar-refractivity contribution in [1.29, 1.82) is 0 Å². The van der Waals surface area contributed by atoms with Gasteiger partial charge in [-0.3, -0.25) is 0 Å². The minimum absolute atomic E-state index is 0.246. The number of hydrogen-bond acceptors (Lipinski definition) is 4. The average Bonchev–Trinajstić information content (AvgIpc) is 2.56. The van der Waals surface area contributed by atoms with E-state index < -0.39 is 5.66 Å². The molecule has 5 nitrogen and oxygen atoms in total. The standard InChI is InChI=1S/C12H18ClN5/c1-11(2,3)12(14,15)7-18-16-9-5-4-8(13)6-10(9)17-18/h4-6H,7,14-15H2,1-3H3. The van der Waals surface area contributed by atoms with Crippen LogP contribution in [0.4, 0.5) is 0 Å². The maximum Gasteiger partial charge on any atom is 0.114 e. The molecule has 0 fully saturated rings. The Bertz CT molecular complexity index is 567. The molecule has 2 aromatic rings. The van der Waals surface area contributed by atoms with Gasteiger partial charge in [0.15, 0.2) is 0 Å². The highest BCUT2D eigenvalue weighted by atomic mass is 35.5. The lowest BCUT2D eigenvalue weighted by atomic mass is 9.82. The SMILES string of the molecule is CC(C)(C)C(N)(N)Cn1nc2ccc(Cl)cc2n1. The van der Waals surface area contributed by atoms with Crippen LogP contribution in [0.15, 0.2) is 18.2 Å². The molecule has 0 aliphatic heterocycles. The third-order valence-corrected chi connectivity index (χ3v) is 3.42. The van der Waals surface area contributed by atoms with Crippen LogP contribution >= 0.6 is 11.6 Å². The number of aromatic nitrogens is 3. The van der Waals surface area contributed by atoms with Gasteiger partial charge in [-0.2, -0.15) is 15.0 Å². The van der Waals surface area contributed by atoms with Crippen molar-refractivity contribution in [2.24, 2.45) is 16.9 Å². The summed E-state index contributed by atoms with van der Waals surface area (Å²) in [4.78, 5) is 1.53. The summed E-state index contributed by atoms with van der Waals surface area (Å²) >= 11 is 5.91.